The van der Waals surface area contributed by atoms with Crippen molar-refractivity contribution in [3.05, 3.63) is 47.8 Å². The summed E-state index contributed by atoms with van der Waals surface area (Å²) in [7, 11) is 0. The number of nitrogens with zero attached hydrogens (tertiary/aromatic N) is 4. The topological polar surface area (TPSA) is 87.7 Å². The van der Waals surface area contributed by atoms with Crippen LogP contribution in [-0.2, 0) is 4.74 Å². The van der Waals surface area contributed by atoms with Gasteiger partial charge < -0.3 is 19.9 Å². The molecule has 8 nitrogen and oxygen atoms in total. The highest BCUT2D eigenvalue weighted by Crippen LogP contribution is 2.18. The molecule has 8 heteroatoms. The van der Waals surface area contributed by atoms with Crippen molar-refractivity contribution >= 4 is 23.6 Å². The van der Waals surface area contributed by atoms with Crippen LogP contribution in [0.5, 0.6) is 0 Å². The van der Waals surface area contributed by atoms with Gasteiger partial charge >= 0.3 is 6.09 Å². The molecule has 1 aliphatic heterocycles. The molecule has 154 valence electrons. The number of hydrogen-bond donors (Lipinski definition) is 1. The fraction of sp³-hybridized carbons (Fsp3) is 0.429. The molecule has 29 heavy (non-hydrogen) atoms. The Kier molecular flexibility index (Phi) is 6.64. The number of carbonyl (C=O) groups excluding carboxylic acids is 2. The number of benzene rings is 1. The minimum absolute atomic E-state index is 0.249. The van der Waals surface area contributed by atoms with Crippen LogP contribution < -0.4 is 10.2 Å². The van der Waals surface area contributed by atoms with Crippen LogP contribution in [-0.4, -0.2) is 59.7 Å². The first-order valence-electron chi connectivity index (χ1n) is 9.88. The summed E-state index contributed by atoms with van der Waals surface area (Å²) >= 11 is 0. The van der Waals surface area contributed by atoms with Gasteiger partial charge in [-0.3, -0.25) is 4.79 Å². The summed E-state index contributed by atoms with van der Waals surface area (Å²) in [5.74, 6) is 0.743. The Morgan fingerprint density at radius 3 is 2.24 bits per heavy atom. The largest absolute Gasteiger partial charge is 0.450 e. The van der Waals surface area contributed by atoms with E-state index in [1.165, 1.54) is 18.0 Å². The van der Waals surface area contributed by atoms with Crippen molar-refractivity contribution in [2.75, 3.05) is 43.0 Å². The van der Waals surface area contributed by atoms with Gasteiger partial charge in [0.25, 0.3) is 5.91 Å². The van der Waals surface area contributed by atoms with Crippen LogP contribution in [0, 0.1) is 0 Å². The summed E-state index contributed by atoms with van der Waals surface area (Å²) in [6.45, 7) is 8.76. The minimum Gasteiger partial charge on any atom is -0.450 e. The van der Waals surface area contributed by atoms with Gasteiger partial charge in [0.05, 0.1) is 12.2 Å². The average Bonchev–Trinajstić information content (AvgIpc) is 2.74. The van der Waals surface area contributed by atoms with E-state index in [9.17, 15) is 9.59 Å². The van der Waals surface area contributed by atoms with Crippen molar-refractivity contribution in [1.29, 1.82) is 0 Å². The van der Waals surface area contributed by atoms with E-state index in [1.807, 2.05) is 29.2 Å². The molecule has 1 N–H and O–H groups in total. The van der Waals surface area contributed by atoms with E-state index in [0.29, 0.717) is 50.2 Å². The van der Waals surface area contributed by atoms with Crippen LogP contribution in [0.3, 0.4) is 0 Å². The molecule has 2 amide bonds. The standard InChI is InChI=1S/C21H27N5O3/c1-4-29-21(28)26-11-9-25(10-12-26)20-22-13-17(14-23-20)19(27)24-18-7-5-16(6-8-18)15(2)3/h5-8,13-15H,4,9-12H2,1-3H3,(H,24,27). The van der Waals surface area contributed by atoms with E-state index in [-0.39, 0.29) is 12.0 Å². The van der Waals surface area contributed by atoms with Crippen LogP contribution in [0.15, 0.2) is 36.7 Å². The predicted octanol–water partition coefficient (Wildman–Crippen LogP) is 3.13. The molecule has 0 atom stereocenters. The number of aromatic nitrogens is 2. The lowest BCUT2D eigenvalue weighted by Gasteiger charge is -2.33. The Labute approximate surface area is 170 Å². The molecule has 1 fully saturated rings. The van der Waals surface area contributed by atoms with Crippen LogP contribution in [0.25, 0.3) is 0 Å². The van der Waals surface area contributed by atoms with Gasteiger partial charge in [-0.2, -0.15) is 0 Å². The lowest BCUT2D eigenvalue weighted by Crippen LogP contribution is -2.49. The van der Waals surface area contributed by atoms with Gasteiger partial charge in [-0.15, -0.1) is 0 Å². The van der Waals surface area contributed by atoms with Gasteiger partial charge in [-0.05, 0) is 30.5 Å². The average molecular weight is 397 g/mol. The van der Waals surface area contributed by atoms with Gasteiger partial charge in [-0.1, -0.05) is 26.0 Å². The summed E-state index contributed by atoms with van der Waals surface area (Å²) in [5.41, 5.74) is 2.35. The highest BCUT2D eigenvalue weighted by molar-refractivity contribution is 6.03. The first-order valence-corrected chi connectivity index (χ1v) is 9.88. The maximum Gasteiger partial charge on any atom is 0.409 e. The molecule has 0 radical (unpaired) electrons. The molecule has 3 rings (SSSR count). The molecule has 0 spiro atoms. The second-order valence-corrected chi connectivity index (χ2v) is 7.18. The number of nitrogens with one attached hydrogen (secondary N) is 1. The van der Waals surface area contributed by atoms with Gasteiger partial charge in [0.15, 0.2) is 0 Å². The number of hydrogen-bond acceptors (Lipinski definition) is 6. The maximum absolute atomic E-state index is 12.4. The van der Waals surface area contributed by atoms with E-state index in [4.69, 9.17) is 4.74 Å². The van der Waals surface area contributed by atoms with Gasteiger partial charge in [0.1, 0.15) is 0 Å². The van der Waals surface area contributed by atoms with Crippen molar-refractivity contribution in [3.63, 3.8) is 0 Å². The summed E-state index contributed by atoms with van der Waals surface area (Å²) < 4.78 is 5.02. The summed E-state index contributed by atoms with van der Waals surface area (Å²) in [6.07, 6.45) is 2.76. The third kappa shape index (κ3) is 5.22. The minimum atomic E-state index is -0.290. The van der Waals surface area contributed by atoms with E-state index >= 15 is 0 Å². The zero-order chi connectivity index (χ0) is 20.8. The Hall–Kier alpha value is -3.16. The molecular weight excluding hydrogens is 370 g/mol. The Bertz CT molecular complexity index is 828. The first-order chi connectivity index (χ1) is 14.0. The van der Waals surface area contributed by atoms with Crippen LogP contribution in [0.4, 0.5) is 16.4 Å². The summed E-state index contributed by atoms with van der Waals surface area (Å²) in [4.78, 5) is 36.5. The molecule has 0 unspecified atom stereocenters. The molecule has 0 saturated carbocycles. The maximum atomic E-state index is 12.4. The number of rotatable bonds is 5. The van der Waals surface area contributed by atoms with Gasteiger partial charge in [0.2, 0.25) is 5.95 Å². The Morgan fingerprint density at radius 2 is 1.69 bits per heavy atom. The SMILES string of the molecule is CCOC(=O)N1CCN(c2ncc(C(=O)Nc3ccc(C(C)C)cc3)cn2)CC1. The van der Waals surface area contributed by atoms with Gasteiger partial charge in [-0.25, -0.2) is 14.8 Å². The van der Waals surface area contributed by atoms with Crippen molar-refractivity contribution < 1.29 is 14.3 Å². The summed E-state index contributed by atoms with van der Waals surface area (Å²) in [6, 6.07) is 7.81. The number of piperazine rings is 1. The predicted molar refractivity (Wildman–Crippen MR) is 111 cm³/mol. The summed E-state index contributed by atoms with van der Waals surface area (Å²) in [5, 5.41) is 2.86. The highest BCUT2D eigenvalue weighted by Gasteiger charge is 2.23. The van der Waals surface area contributed by atoms with Crippen molar-refractivity contribution in [2.45, 2.75) is 26.7 Å². The number of carbonyl (C=O) groups is 2. The molecule has 2 aromatic rings. The van der Waals surface area contributed by atoms with Crippen molar-refractivity contribution in [2.24, 2.45) is 0 Å². The number of anilines is 2. The third-order valence-corrected chi connectivity index (χ3v) is 4.82. The van der Waals surface area contributed by atoms with Crippen LogP contribution >= 0.6 is 0 Å². The molecule has 1 saturated heterocycles. The molecule has 0 bridgehead atoms. The van der Waals surface area contributed by atoms with Crippen molar-refractivity contribution in [1.82, 2.24) is 14.9 Å². The van der Waals surface area contributed by atoms with Crippen molar-refractivity contribution in [3.8, 4) is 0 Å². The van der Waals surface area contributed by atoms with Crippen LogP contribution in [0.2, 0.25) is 0 Å². The van der Waals surface area contributed by atoms with E-state index in [2.05, 4.69) is 29.1 Å². The van der Waals surface area contributed by atoms with E-state index in [1.54, 1.807) is 11.8 Å². The highest BCUT2D eigenvalue weighted by atomic mass is 16.6. The van der Waals surface area contributed by atoms with Crippen LogP contribution in [0.1, 0.15) is 42.6 Å². The second-order valence-electron chi connectivity index (χ2n) is 7.18. The van der Waals surface area contributed by atoms with E-state index < -0.39 is 0 Å². The Morgan fingerprint density at radius 1 is 1.07 bits per heavy atom. The molecule has 1 aromatic heterocycles. The monoisotopic (exact) mass is 397 g/mol. The second kappa shape index (κ2) is 9.36. The van der Waals surface area contributed by atoms with E-state index in [0.717, 1.165) is 5.69 Å². The first kappa shape index (κ1) is 20.6. The number of amides is 2. The zero-order valence-corrected chi connectivity index (χ0v) is 17.1. The Balaban J connectivity index is 1.56. The lowest BCUT2D eigenvalue weighted by molar-refractivity contribution is 0.102. The normalized spacial score (nSPS) is 14.1. The molecule has 0 aliphatic carbocycles. The smallest absolute Gasteiger partial charge is 0.409 e. The zero-order valence-electron chi connectivity index (χ0n) is 17.1. The molecule has 2 heterocycles. The quantitative estimate of drug-likeness (QED) is 0.834. The fourth-order valence-electron chi connectivity index (χ4n) is 3.06. The molecule has 1 aliphatic rings. The third-order valence-electron chi connectivity index (χ3n) is 4.82. The lowest BCUT2D eigenvalue weighted by atomic mass is 10.0. The van der Waals surface area contributed by atoms with Gasteiger partial charge in [0, 0.05) is 44.3 Å². The fourth-order valence-corrected chi connectivity index (χ4v) is 3.06. The number of ether oxygens (including phenoxy) is 1. The molecular formula is C21H27N5O3. The molecule has 1 aromatic carbocycles.